The van der Waals surface area contributed by atoms with Gasteiger partial charge in [0.25, 0.3) is 0 Å². The van der Waals surface area contributed by atoms with Crippen molar-refractivity contribution in [1.29, 1.82) is 0 Å². The Kier molecular flexibility index (Phi) is 5.31. The Morgan fingerprint density at radius 2 is 2.14 bits per heavy atom. The molecule has 1 aliphatic rings. The molecule has 0 saturated carbocycles. The van der Waals surface area contributed by atoms with E-state index in [0.717, 1.165) is 6.54 Å². The van der Waals surface area contributed by atoms with Crippen molar-refractivity contribution in [2.75, 3.05) is 13.1 Å². The molecule has 80 valence electrons. The molecule has 0 fully saturated rings. The van der Waals surface area contributed by atoms with Crippen molar-refractivity contribution >= 4 is 15.9 Å². The topological polar surface area (TPSA) is 3.24 Å². The van der Waals surface area contributed by atoms with Crippen LogP contribution in [0.2, 0.25) is 0 Å². The highest BCUT2D eigenvalue weighted by atomic mass is 79.9. The van der Waals surface area contributed by atoms with Crippen molar-refractivity contribution in [1.82, 2.24) is 4.90 Å². The van der Waals surface area contributed by atoms with E-state index in [0.29, 0.717) is 0 Å². The van der Waals surface area contributed by atoms with Crippen molar-refractivity contribution in [3.8, 4) is 0 Å². The molecule has 0 atom stereocenters. The van der Waals surface area contributed by atoms with Crippen molar-refractivity contribution in [3.63, 3.8) is 0 Å². The molecule has 0 aromatic heterocycles. The lowest BCUT2D eigenvalue weighted by Crippen LogP contribution is -2.24. The standard InChI is InChI=1S/C12H20BrN/c1-3-4-5-6-9-14-10-7-8-11(2)12(14)13/h7-8H,3-6,9-10H2,1-2H3. The van der Waals surface area contributed by atoms with Gasteiger partial charge in [0.2, 0.25) is 0 Å². The number of unbranched alkanes of at least 4 members (excludes halogenated alkanes) is 3. The average molecular weight is 258 g/mol. The van der Waals surface area contributed by atoms with Gasteiger partial charge in [0, 0.05) is 13.1 Å². The third-order valence-corrected chi connectivity index (χ3v) is 3.71. The minimum atomic E-state index is 1.06. The zero-order chi connectivity index (χ0) is 10.4. The van der Waals surface area contributed by atoms with Gasteiger partial charge in [-0.1, -0.05) is 38.3 Å². The van der Waals surface area contributed by atoms with E-state index in [1.54, 1.807) is 0 Å². The fourth-order valence-electron chi connectivity index (χ4n) is 1.67. The first-order valence-electron chi connectivity index (χ1n) is 5.53. The molecule has 14 heavy (non-hydrogen) atoms. The average Bonchev–Trinajstić information content (AvgIpc) is 2.19. The summed E-state index contributed by atoms with van der Waals surface area (Å²) in [4.78, 5) is 2.41. The number of hydrogen-bond donors (Lipinski definition) is 0. The molecule has 1 heterocycles. The molecule has 0 aromatic carbocycles. The second kappa shape index (κ2) is 6.28. The Balaban J connectivity index is 2.29. The van der Waals surface area contributed by atoms with E-state index >= 15 is 0 Å². The lowest BCUT2D eigenvalue weighted by atomic mass is 10.2. The largest absolute Gasteiger partial charge is 0.362 e. The number of nitrogens with zero attached hydrogens (tertiary/aromatic N) is 1. The van der Waals surface area contributed by atoms with Crippen LogP contribution in [0.5, 0.6) is 0 Å². The van der Waals surface area contributed by atoms with Gasteiger partial charge in [-0.2, -0.15) is 0 Å². The zero-order valence-electron chi connectivity index (χ0n) is 9.22. The first-order chi connectivity index (χ1) is 6.75. The Bertz CT molecular complexity index is 230. The van der Waals surface area contributed by atoms with Crippen LogP contribution in [0.3, 0.4) is 0 Å². The lowest BCUT2D eigenvalue weighted by molar-refractivity contribution is 0.384. The van der Waals surface area contributed by atoms with Gasteiger partial charge in [0.15, 0.2) is 0 Å². The maximum atomic E-state index is 3.64. The lowest BCUT2D eigenvalue weighted by Gasteiger charge is -2.26. The Labute approximate surface area is 96.0 Å². The van der Waals surface area contributed by atoms with Gasteiger partial charge in [-0.3, -0.25) is 0 Å². The summed E-state index contributed by atoms with van der Waals surface area (Å²) in [5, 5.41) is 0. The van der Waals surface area contributed by atoms with E-state index in [1.165, 1.54) is 42.4 Å². The van der Waals surface area contributed by atoms with Crippen LogP contribution >= 0.6 is 15.9 Å². The van der Waals surface area contributed by atoms with Gasteiger partial charge in [-0.25, -0.2) is 0 Å². The predicted molar refractivity (Wildman–Crippen MR) is 66.5 cm³/mol. The summed E-state index contributed by atoms with van der Waals surface area (Å²) in [5.74, 6) is 0. The number of halogens is 1. The second-order valence-corrected chi connectivity index (χ2v) is 4.63. The molecular weight excluding hydrogens is 238 g/mol. The van der Waals surface area contributed by atoms with Crippen LogP contribution in [0.15, 0.2) is 22.3 Å². The normalized spacial score (nSPS) is 16.6. The number of rotatable bonds is 5. The minimum Gasteiger partial charge on any atom is -0.362 e. The Morgan fingerprint density at radius 3 is 2.86 bits per heavy atom. The molecule has 0 radical (unpaired) electrons. The molecule has 1 aliphatic heterocycles. The Morgan fingerprint density at radius 1 is 1.36 bits per heavy atom. The molecule has 1 rings (SSSR count). The van der Waals surface area contributed by atoms with Gasteiger partial charge >= 0.3 is 0 Å². The predicted octanol–water partition coefficient (Wildman–Crippen LogP) is 4.06. The maximum absolute atomic E-state index is 3.64. The van der Waals surface area contributed by atoms with Crippen LogP contribution < -0.4 is 0 Å². The van der Waals surface area contributed by atoms with Crippen LogP contribution in [-0.2, 0) is 0 Å². The van der Waals surface area contributed by atoms with Gasteiger partial charge in [0.1, 0.15) is 0 Å². The molecule has 0 aromatic rings. The molecule has 0 saturated heterocycles. The number of hydrogen-bond acceptors (Lipinski definition) is 1. The molecule has 0 amide bonds. The van der Waals surface area contributed by atoms with Crippen molar-refractivity contribution in [3.05, 3.63) is 22.3 Å². The second-order valence-electron chi connectivity index (χ2n) is 3.88. The van der Waals surface area contributed by atoms with Crippen molar-refractivity contribution < 1.29 is 0 Å². The van der Waals surface area contributed by atoms with Crippen molar-refractivity contribution in [2.24, 2.45) is 0 Å². The van der Waals surface area contributed by atoms with Gasteiger partial charge in [0.05, 0.1) is 4.61 Å². The van der Waals surface area contributed by atoms with Crippen LogP contribution in [0, 0.1) is 0 Å². The molecule has 1 nitrogen and oxygen atoms in total. The summed E-state index contributed by atoms with van der Waals surface area (Å²) in [5.41, 5.74) is 1.34. The van der Waals surface area contributed by atoms with E-state index in [2.05, 4.69) is 46.8 Å². The number of allylic oxidation sites excluding steroid dienone is 2. The molecule has 2 heteroatoms. The van der Waals surface area contributed by atoms with Gasteiger partial charge in [-0.05, 0) is 34.8 Å². The van der Waals surface area contributed by atoms with Gasteiger partial charge in [-0.15, -0.1) is 0 Å². The summed E-state index contributed by atoms with van der Waals surface area (Å²) in [6, 6.07) is 0. The molecular formula is C12H20BrN. The van der Waals surface area contributed by atoms with E-state index in [4.69, 9.17) is 0 Å². The summed E-state index contributed by atoms with van der Waals surface area (Å²) >= 11 is 3.64. The van der Waals surface area contributed by atoms with E-state index in [1.807, 2.05) is 0 Å². The highest BCUT2D eigenvalue weighted by Crippen LogP contribution is 2.22. The summed E-state index contributed by atoms with van der Waals surface area (Å²) in [6.45, 7) is 6.65. The SMILES string of the molecule is CCCCCCN1CC=CC(C)=C1Br. The molecule has 0 aliphatic carbocycles. The summed E-state index contributed by atoms with van der Waals surface area (Å²) < 4.78 is 1.27. The quantitative estimate of drug-likeness (QED) is 0.531. The fourth-order valence-corrected chi connectivity index (χ4v) is 2.13. The molecule has 0 N–H and O–H groups in total. The molecule has 0 bridgehead atoms. The fraction of sp³-hybridized carbons (Fsp3) is 0.667. The van der Waals surface area contributed by atoms with E-state index in [-0.39, 0.29) is 0 Å². The Hall–Kier alpha value is -0.240. The minimum absolute atomic E-state index is 1.06. The maximum Gasteiger partial charge on any atom is 0.0838 e. The zero-order valence-corrected chi connectivity index (χ0v) is 10.8. The van der Waals surface area contributed by atoms with Crippen LogP contribution in [0.4, 0.5) is 0 Å². The van der Waals surface area contributed by atoms with E-state index < -0.39 is 0 Å². The van der Waals surface area contributed by atoms with E-state index in [9.17, 15) is 0 Å². The molecule has 0 spiro atoms. The third-order valence-electron chi connectivity index (χ3n) is 2.58. The highest BCUT2D eigenvalue weighted by molar-refractivity contribution is 9.11. The molecule has 0 unspecified atom stereocenters. The summed E-state index contributed by atoms with van der Waals surface area (Å²) in [6.07, 6.45) is 9.77. The first-order valence-corrected chi connectivity index (χ1v) is 6.33. The third kappa shape index (κ3) is 3.49. The highest BCUT2D eigenvalue weighted by Gasteiger charge is 2.10. The van der Waals surface area contributed by atoms with Crippen molar-refractivity contribution in [2.45, 2.75) is 39.5 Å². The monoisotopic (exact) mass is 257 g/mol. The first kappa shape index (κ1) is 11.8. The van der Waals surface area contributed by atoms with Crippen LogP contribution in [0.25, 0.3) is 0 Å². The summed E-state index contributed by atoms with van der Waals surface area (Å²) in [7, 11) is 0. The smallest absolute Gasteiger partial charge is 0.0838 e. The van der Waals surface area contributed by atoms with Crippen LogP contribution in [0.1, 0.15) is 39.5 Å². The van der Waals surface area contributed by atoms with Gasteiger partial charge < -0.3 is 4.90 Å². The van der Waals surface area contributed by atoms with Crippen LogP contribution in [-0.4, -0.2) is 18.0 Å².